The summed E-state index contributed by atoms with van der Waals surface area (Å²) in [5, 5.41) is 2.76. The number of carbonyl (C=O) groups excluding carboxylic acids is 1. The number of alkyl halides is 2. The molecule has 2 aromatic heterocycles. The number of halogens is 2. The highest BCUT2D eigenvalue weighted by Crippen LogP contribution is 2.23. The van der Waals surface area contributed by atoms with Crippen LogP contribution in [-0.2, 0) is 0 Å². The molecule has 0 aliphatic carbocycles. The second-order valence-corrected chi connectivity index (χ2v) is 5.53. The Hall–Kier alpha value is -3.55. The van der Waals surface area contributed by atoms with E-state index in [0.717, 1.165) is 5.56 Å². The number of benzene rings is 2. The molecule has 2 heterocycles. The number of H-pyrrole nitrogens is 1. The van der Waals surface area contributed by atoms with E-state index in [2.05, 4.69) is 20.3 Å². The molecule has 0 aliphatic heterocycles. The van der Waals surface area contributed by atoms with Crippen molar-refractivity contribution in [1.29, 1.82) is 0 Å². The fraction of sp³-hybridized carbons (Fsp3) is 0.0556. The van der Waals surface area contributed by atoms with E-state index in [1.54, 1.807) is 18.2 Å². The molecule has 6 nitrogen and oxygen atoms in total. The van der Waals surface area contributed by atoms with E-state index in [1.807, 2.05) is 6.07 Å². The van der Waals surface area contributed by atoms with Crippen molar-refractivity contribution in [3.63, 3.8) is 0 Å². The lowest BCUT2D eigenvalue weighted by Crippen LogP contribution is -2.11. The zero-order chi connectivity index (χ0) is 18.1. The molecular formula is C18H12F2N4O2. The number of rotatable bonds is 4. The monoisotopic (exact) mass is 354 g/mol. The topological polar surface area (TPSA) is 83.8 Å². The molecule has 4 aromatic rings. The molecule has 130 valence electrons. The van der Waals surface area contributed by atoms with Crippen LogP contribution in [0.3, 0.4) is 0 Å². The van der Waals surface area contributed by atoms with Crippen molar-refractivity contribution < 1.29 is 18.0 Å². The molecule has 4 rings (SSSR count). The van der Waals surface area contributed by atoms with Gasteiger partial charge in [-0.25, -0.2) is 18.7 Å². The van der Waals surface area contributed by atoms with E-state index in [0.29, 0.717) is 28.2 Å². The lowest BCUT2D eigenvalue weighted by molar-refractivity contribution is 0.102. The van der Waals surface area contributed by atoms with Gasteiger partial charge in [-0.1, -0.05) is 6.07 Å². The standard InChI is InChI=1S/C18H12F2N4O2/c19-15(20)16-23-13-5-4-10(9-14(13)24-16)17(25)22-12-3-1-2-11(8-12)18-21-6-7-26-18/h1-9,15H,(H,22,25)(H,23,24). The zero-order valence-electron chi connectivity index (χ0n) is 13.2. The van der Waals surface area contributed by atoms with Crippen LogP contribution in [0.2, 0.25) is 0 Å². The summed E-state index contributed by atoms with van der Waals surface area (Å²) >= 11 is 0. The molecule has 0 saturated carbocycles. The van der Waals surface area contributed by atoms with Gasteiger partial charge in [0.05, 0.1) is 17.2 Å². The van der Waals surface area contributed by atoms with Gasteiger partial charge in [0.25, 0.3) is 12.3 Å². The number of imidazole rings is 1. The number of aromatic nitrogens is 3. The molecule has 26 heavy (non-hydrogen) atoms. The average Bonchev–Trinajstić information content (AvgIpc) is 3.31. The molecule has 0 atom stereocenters. The number of hydrogen-bond acceptors (Lipinski definition) is 4. The molecule has 0 spiro atoms. The summed E-state index contributed by atoms with van der Waals surface area (Å²) in [4.78, 5) is 22.8. The van der Waals surface area contributed by atoms with E-state index in [1.165, 1.54) is 30.7 Å². The van der Waals surface area contributed by atoms with E-state index in [9.17, 15) is 13.6 Å². The molecule has 0 aliphatic rings. The van der Waals surface area contributed by atoms with Gasteiger partial charge in [-0.3, -0.25) is 4.79 Å². The third-order valence-electron chi connectivity index (χ3n) is 3.77. The molecule has 0 bridgehead atoms. The first-order valence-electron chi connectivity index (χ1n) is 7.69. The van der Waals surface area contributed by atoms with Crippen LogP contribution in [0.1, 0.15) is 22.6 Å². The first-order valence-corrected chi connectivity index (χ1v) is 7.69. The average molecular weight is 354 g/mol. The van der Waals surface area contributed by atoms with Crippen LogP contribution in [0.4, 0.5) is 14.5 Å². The number of aromatic amines is 1. The molecule has 1 amide bonds. The van der Waals surface area contributed by atoms with Crippen molar-refractivity contribution in [2.75, 3.05) is 5.32 Å². The second kappa shape index (κ2) is 6.40. The molecule has 2 aromatic carbocycles. The van der Waals surface area contributed by atoms with Gasteiger partial charge in [0.15, 0.2) is 5.82 Å². The highest BCUT2D eigenvalue weighted by molar-refractivity contribution is 6.06. The Balaban J connectivity index is 1.58. The smallest absolute Gasteiger partial charge is 0.295 e. The van der Waals surface area contributed by atoms with Crippen molar-refractivity contribution >= 4 is 22.6 Å². The number of amides is 1. The van der Waals surface area contributed by atoms with Crippen molar-refractivity contribution in [3.8, 4) is 11.5 Å². The van der Waals surface area contributed by atoms with Gasteiger partial charge in [0.1, 0.15) is 6.26 Å². The third kappa shape index (κ3) is 3.04. The molecule has 0 saturated heterocycles. The Morgan fingerprint density at radius 1 is 1.19 bits per heavy atom. The molecular weight excluding hydrogens is 342 g/mol. The summed E-state index contributed by atoms with van der Waals surface area (Å²) in [6, 6.07) is 11.6. The van der Waals surface area contributed by atoms with E-state index >= 15 is 0 Å². The van der Waals surface area contributed by atoms with Crippen LogP contribution in [0.5, 0.6) is 0 Å². The van der Waals surface area contributed by atoms with Gasteiger partial charge in [0, 0.05) is 16.8 Å². The highest BCUT2D eigenvalue weighted by Gasteiger charge is 2.14. The van der Waals surface area contributed by atoms with Crippen molar-refractivity contribution in [3.05, 3.63) is 66.3 Å². The number of fused-ring (bicyclic) bond motifs is 1. The van der Waals surface area contributed by atoms with Gasteiger partial charge in [0.2, 0.25) is 5.89 Å². The van der Waals surface area contributed by atoms with Crippen molar-refractivity contribution in [2.45, 2.75) is 6.43 Å². The summed E-state index contributed by atoms with van der Waals surface area (Å²) in [5.74, 6) is -0.347. The quantitative estimate of drug-likeness (QED) is 0.569. The summed E-state index contributed by atoms with van der Waals surface area (Å²) in [6.45, 7) is 0. The number of carbonyl (C=O) groups is 1. The normalized spacial score (nSPS) is 11.2. The summed E-state index contributed by atoms with van der Waals surface area (Å²) in [7, 11) is 0. The maximum absolute atomic E-state index is 12.7. The summed E-state index contributed by atoms with van der Waals surface area (Å²) < 4.78 is 30.7. The first-order chi connectivity index (χ1) is 12.6. The Morgan fingerprint density at radius 2 is 2.08 bits per heavy atom. The minimum absolute atomic E-state index is 0.323. The Bertz CT molecular complexity index is 1070. The predicted molar refractivity (Wildman–Crippen MR) is 90.9 cm³/mol. The second-order valence-electron chi connectivity index (χ2n) is 5.53. The summed E-state index contributed by atoms with van der Waals surface area (Å²) in [6.07, 6.45) is 0.305. The molecule has 2 N–H and O–H groups in total. The Labute approximate surface area is 145 Å². The Kier molecular flexibility index (Phi) is 3.92. The number of anilines is 1. The Morgan fingerprint density at radius 3 is 2.85 bits per heavy atom. The lowest BCUT2D eigenvalue weighted by Gasteiger charge is -2.06. The predicted octanol–water partition coefficient (Wildman–Crippen LogP) is 4.41. The van der Waals surface area contributed by atoms with Gasteiger partial charge in [-0.15, -0.1) is 0 Å². The van der Waals surface area contributed by atoms with E-state index in [4.69, 9.17) is 4.42 Å². The molecule has 0 fully saturated rings. The van der Waals surface area contributed by atoms with E-state index < -0.39 is 12.2 Å². The van der Waals surface area contributed by atoms with Crippen molar-refractivity contribution in [2.24, 2.45) is 0 Å². The maximum Gasteiger partial charge on any atom is 0.295 e. The highest BCUT2D eigenvalue weighted by atomic mass is 19.3. The lowest BCUT2D eigenvalue weighted by atomic mass is 10.1. The van der Waals surface area contributed by atoms with E-state index in [-0.39, 0.29) is 5.91 Å². The third-order valence-corrected chi connectivity index (χ3v) is 3.77. The molecule has 8 heteroatoms. The SMILES string of the molecule is O=C(Nc1cccc(-c2ncco2)c1)c1ccc2nc(C(F)F)[nH]c2c1. The number of oxazole rings is 1. The number of hydrogen-bond donors (Lipinski definition) is 2. The maximum atomic E-state index is 12.7. The van der Waals surface area contributed by atoms with Crippen LogP contribution in [0.25, 0.3) is 22.5 Å². The summed E-state index contributed by atoms with van der Waals surface area (Å²) in [5.41, 5.74) is 2.36. The van der Waals surface area contributed by atoms with Crippen LogP contribution >= 0.6 is 0 Å². The van der Waals surface area contributed by atoms with Crippen LogP contribution in [0, 0.1) is 0 Å². The van der Waals surface area contributed by atoms with Crippen molar-refractivity contribution in [1.82, 2.24) is 15.0 Å². The van der Waals surface area contributed by atoms with Gasteiger partial charge in [-0.2, -0.15) is 0 Å². The molecule has 0 unspecified atom stereocenters. The number of nitrogens with one attached hydrogen (secondary N) is 2. The minimum atomic E-state index is -2.70. The van der Waals surface area contributed by atoms with Crippen LogP contribution in [-0.4, -0.2) is 20.9 Å². The zero-order valence-corrected chi connectivity index (χ0v) is 13.2. The molecule has 0 radical (unpaired) electrons. The fourth-order valence-corrected chi connectivity index (χ4v) is 2.57. The number of nitrogens with zero attached hydrogens (tertiary/aromatic N) is 2. The fourth-order valence-electron chi connectivity index (χ4n) is 2.57. The first kappa shape index (κ1) is 15.9. The van der Waals surface area contributed by atoms with Gasteiger partial charge in [-0.05, 0) is 36.4 Å². The van der Waals surface area contributed by atoms with Gasteiger partial charge >= 0.3 is 0 Å². The van der Waals surface area contributed by atoms with Gasteiger partial charge < -0.3 is 14.7 Å². The van der Waals surface area contributed by atoms with Crippen LogP contribution in [0.15, 0.2) is 59.3 Å². The van der Waals surface area contributed by atoms with Crippen LogP contribution < -0.4 is 5.32 Å². The largest absolute Gasteiger partial charge is 0.445 e. The minimum Gasteiger partial charge on any atom is -0.445 e.